The summed E-state index contributed by atoms with van der Waals surface area (Å²) in [4.78, 5) is 0. The average Bonchev–Trinajstić information content (AvgIpc) is 2.30. The molecule has 1 saturated heterocycles. The van der Waals surface area contributed by atoms with Crippen molar-refractivity contribution < 1.29 is 4.74 Å². The van der Waals surface area contributed by atoms with Crippen LogP contribution in [-0.4, -0.2) is 13.2 Å². The molecule has 0 radical (unpaired) electrons. The summed E-state index contributed by atoms with van der Waals surface area (Å²) < 4.78 is 5.48. The normalized spacial score (nSPS) is 20.1. The van der Waals surface area contributed by atoms with Gasteiger partial charge < -0.3 is 4.74 Å². The van der Waals surface area contributed by atoms with E-state index in [1.165, 1.54) is 30.4 Å². The Morgan fingerprint density at radius 1 is 1.27 bits per heavy atom. The topological polar surface area (TPSA) is 9.23 Å². The lowest BCUT2D eigenvalue weighted by molar-refractivity contribution is 0.0485. The first-order chi connectivity index (χ1) is 7.27. The van der Waals surface area contributed by atoms with E-state index in [9.17, 15) is 0 Å². The van der Waals surface area contributed by atoms with Gasteiger partial charge in [-0.25, -0.2) is 0 Å². The minimum Gasteiger partial charge on any atom is -0.381 e. The van der Waals surface area contributed by atoms with Crippen LogP contribution in [0.3, 0.4) is 0 Å². The minimum absolute atomic E-state index is 0.379. The molecule has 0 aliphatic carbocycles. The van der Waals surface area contributed by atoms with Gasteiger partial charge in [0.25, 0.3) is 0 Å². The SMILES string of the molecule is CCC1(c2cccc(C)c2)CCOCC1. The van der Waals surface area contributed by atoms with Crippen LogP contribution in [0, 0.1) is 6.92 Å². The summed E-state index contributed by atoms with van der Waals surface area (Å²) >= 11 is 0. The van der Waals surface area contributed by atoms with Gasteiger partial charge in [0.1, 0.15) is 0 Å². The smallest absolute Gasteiger partial charge is 0.0474 e. The van der Waals surface area contributed by atoms with Crippen LogP contribution in [-0.2, 0) is 10.2 Å². The van der Waals surface area contributed by atoms with Crippen molar-refractivity contribution in [3.63, 3.8) is 0 Å². The highest BCUT2D eigenvalue weighted by atomic mass is 16.5. The van der Waals surface area contributed by atoms with Gasteiger partial charge >= 0.3 is 0 Å². The fourth-order valence-electron chi connectivity index (χ4n) is 2.58. The summed E-state index contributed by atoms with van der Waals surface area (Å²) in [5.74, 6) is 0. The Morgan fingerprint density at radius 2 is 2.00 bits per heavy atom. The van der Waals surface area contributed by atoms with E-state index < -0.39 is 0 Å². The van der Waals surface area contributed by atoms with Crippen LogP contribution < -0.4 is 0 Å². The zero-order chi connectivity index (χ0) is 10.7. The highest BCUT2D eigenvalue weighted by molar-refractivity contribution is 5.30. The lowest BCUT2D eigenvalue weighted by Crippen LogP contribution is -2.33. The first-order valence-corrected chi connectivity index (χ1v) is 5.92. The lowest BCUT2D eigenvalue weighted by Gasteiger charge is -2.37. The number of benzene rings is 1. The maximum Gasteiger partial charge on any atom is 0.0474 e. The lowest BCUT2D eigenvalue weighted by atomic mass is 9.72. The molecule has 0 unspecified atom stereocenters. The number of rotatable bonds is 2. The Balaban J connectivity index is 2.32. The van der Waals surface area contributed by atoms with Gasteiger partial charge in [-0.05, 0) is 37.2 Å². The van der Waals surface area contributed by atoms with Crippen LogP contribution in [0.15, 0.2) is 24.3 Å². The number of ether oxygens (including phenoxy) is 1. The fourth-order valence-corrected chi connectivity index (χ4v) is 2.58. The van der Waals surface area contributed by atoms with E-state index in [2.05, 4.69) is 38.1 Å². The van der Waals surface area contributed by atoms with E-state index in [1.54, 1.807) is 0 Å². The van der Waals surface area contributed by atoms with Crippen molar-refractivity contribution in [2.45, 2.75) is 38.5 Å². The van der Waals surface area contributed by atoms with Gasteiger partial charge in [-0.15, -0.1) is 0 Å². The third kappa shape index (κ3) is 2.07. The Hall–Kier alpha value is -0.820. The van der Waals surface area contributed by atoms with Gasteiger partial charge in [0.2, 0.25) is 0 Å². The zero-order valence-electron chi connectivity index (χ0n) is 9.75. The summed E-state index contributed by atoms with van der Waals surface area (Å²) in [5, 5.41) is 0. The molecule has 1 aliphatic rings. The molecule has 0 spiro atoms. The van der Waals surface area contributed by atoms with Crippen molar-refractivity contribution in [2.75, 3.05) is 13.2 Å². The molecular weight excluding hydrogens is 184 g/mol. The Labute approximate surface area is 92.5 Å². The molecule has 1 heterocycles. The van der Waals surface area contributed by atoms with Crippen LogP contribution >= 0.6 is 0 Å². The molecule has 1 aromatic rings. The van der Waals surface area contributed by atoms with E-state index in [-0.39, 0.29) is 0 Å². The summed E-state index contributed by atoms with van der Waals surface area (Å²) in [5.41, 5.74) is 3.25. The molecule has 1 aromatic carbocycles. The third-order valence-corrected chi connectivity index (χ3v) is 3.76. The van der Waals surface area contributed by atoms with Crippen molar-refractivity contribution in [1.29, 1.82) is 0 Å². The molecule has 0 amide bonds. The van der Waals surface area contributed by atoms with E-state index in [1.807, 2.05) is 0 Å². The van der Waals surface area contributed by atoms with Gasteiger partial charge in [0.15, 0.2) is 0 Å². The van der Waals surface area contributed by atoms with E-state index in [0.717, 1.165) is 13.2 Å². The minimum atomic E-state index is 0.379. The molecule has 0 saturated carbocycles. The molecule has 1 aliphatic heterocycles. The van der Waals surface area contributed by atoms with Crippen LogP contribution in [0.5, 0.6) is 0 Å². The summed E-state index contributed by atoms with van der Waals surface area (Å²) in [6.07, 6.45) is 3.57. The molecule has 82 valence electrons. The summed E-state index contributed by atoms with van der Waals surface area (Å²) in [7, 11) is 0. The van der Waals surface area contributed by atoms with Crippen LogP contribution in [0.1, 0.15) is 37.3 Å². The van der Waals surface area contributed by atoms with Crippen molar-refractivity contribution in [1.82, 2.24) is 0 Å². The van der Waals surface area contributed by atoms with Crippen molar-refractivity contribution in [2.24, 2.45) is 0 Å². The molecule has 2 rings (SSSR count). The molecular formula is C14H20O. The van der Waals surface area contributed by atoms with Gasteiger partial charge in [0.05, 0.1) is 0 Å². The number of hydrogen-bond donors (Lipinski definition) is 0. The molecule has 1 heteroatoms. The monoisotopic (exact) mass is 204 g/mol. The molecule has 0 N–H and O–H groups in total. The Bertz CT molecular complexity index is 324. The Kier molecular flexibility index (Phi) is 3.11. The highest BCUT2D eigenvalue weighted by Crippen LogP contribution is 2.37. The van der Waals surface area contributed by atoms with Gasteiger partial charge in [-0.1, -0.05) is 36.8 Å². The number of aryl methyl sites for hydroxylation is 1. The largest absolute Gasteiger partial charge is 0.381 e. The molecule has 1 fully saturated rings. The quantitative estimate of drug-likeness (QED) is 0.717. The van der Waals surface area contributed by atoms with Gasteiger partial charge in [-0.2, -0.15) is 0 Å². The predicted molar refractivity (Wildman–Crippen MR) is 63.2 cm³/mol. The maximum absolute atomic E-state index is 5.48. The van der Waals surface area contributed by atoms with E-state index in [4.69, 9.17) is 4.74 Å². The molecule has 15 heavy (non-hydrogen) atoms. The summed E-state index contributed by atoms with van der Waals surface area (Å²) in [6, 6.07) is 8.97. The second-order valence-corrected chi connectivity index (χ2v) is 4.62. The third-order valence-electron chi connectivity index (χ3n) is 3.76. The van der Waals surface area contributed by atoms with Crippen molar-refractivity contribution in [3.8, 4) is 0 Å². The summed E-state index contributed by atoms with van der Waals surface area (Å²) in [6.45, 7) is 6.31. The van der Waals surface area contributed by atoms with Gasteiger partial charge in [0, 0.05) is 13.2 Å². The highest BCUT2D eigenvalue weighted by Gasteiger charge is 2.32. The van der Waals surface area contributed by atoms with Crippen LogP contribution in [0.4, 0.5) is 0 Å². The van der Waals surface area contributed by atoms with Crippen LogP contribution in [0.2, 0.25) is 0 Å². The van der Waals surface area contributed by atoms with Crippen LogP contribution in [0.25, 0.3) is 0 Å². The second kappa shape index (κ2) is 4.36. The zero-order valence-corrected chi connectivity index (χ0v) is 9.75. The van der Waals surface area contributed by atoms with Crippen molar-refractivity contribution in [3.05, 3.63) is 35.4 Å². The Morgan fingerprint density at radius 3 is 2.60 bits per heavy atom. The average molecular weight is 204 g/mol. The van der Waals surface area contributed by atoms with Gasteiger partial charge in [-0.3, -0.25) is 0 Å². The maximum atomic E-state index is 5.48. The molecule has 0 bridgehead atoms. The van der Waals surface area contributed by atoms with Crippen molar-refractivity contribution >= 4 is 0 Å². The predicted octanol–water partition coefficient (Wildman–Crippen LogP) is 3.45. The first kappa shape index (κ1) is 10.7. The van der Waals surface area contributed by atoms with E-state index in [0.29, 0.717) is 5.41 Å². The molecule has 1 nitrogen and oxygen atoms in total. The molecule has 0 aromatic heterocycles. The number of hydrogen-bond acceptors (Lipinski definition) is 1. The first-order valence-electron chi connectivity index (χ1n) is 5.92. The standard InChI is InChI=1S/C14H20O/c1-3-14(7-9-15-10-8-14)13-6-4-5-12(2)11-13/h4-6,11H,3,7-10H2,1-2H3. The fraction of sp³-hybridized carbons (Fsp3) is 0.571. The molecule has 0 atom stereocenters. The van der Waals surface area contributed by atoms with E-state index >= 15 is 0 Å². The second-order valence-electron chi connectivity index (χ2n) is 4.62.